The molecule has 3 aromatic heterocycles. The van der Waals surface area contributed by atoms with Gasteiger partial charge in [-0.2, -0.15) is 24.8 Å². The van der Waals surface area contributed by atoms with Crippen LogP contribution in [0.1, 0.15) is 24.1 Å². The van der Waals surface area contributed by atoms with Gasteiger partial charge in [0.25, 0.3) is 5.62 Å². The number of hydrogen-bond donors (Lipinski definition) is 3. The first-order valence-electron chi connectivity index (χ1n) is 9.20. The van der Waals surface area contributed by atoms with E-state index in [9.17, 15) is 9.90 Å². The van der Waals surface area contributed by atoms with E-state index in [0.29, 0.717) is 32.3 Å². The molecule has 12 heteroatoms. The summed E-state index contributed by atoms with van der Waals surface area (Å²) in [5.74, 6) is 0.137. The minimum Gasteiger partial charge on any atom is -0.493 e. The predicted octanol–water partition coefficient (Wildman–Crippen LogP) is 0.884. The molecule has 0 saturated heterocycles. The van der Waals surface area contributed by atoms with E-state index in [1.165, 1.54) is 16.8 Å². The second kappa shape index (κ2) is 7.37. The average molecular weight is 481 g/mol. The third-order valence-corrected chi connectivity index (χ3v) is 5.12. The molecular formula is C19H13BrN8O3. The lowest BCUT2D eigenvalue weighted by atomic mass is 10.2. The summed E-state index contributed by atoms with van der Waals surface area (Å²) in [4.78, 5) is 29.6. The highest BCUT2D eigenvalue weighted by Crippen LogP contribution is 2.28. The first-order chi connectivity index (χ1) is 15.0. The Kier molecular flexibility index (Phi) is 4.52. The summed E-state index contributed by atoms with van der Waals surface area (Å²) in [6.07, 6.45) is 5.01. The Hall–Kier alpha value is -3.98. The molecule has 31 heavy (non-hydrogen) atoms. The smallest absolute Gasteiger partial charge is 0.327 e. The molecule has 1 aliphatic rings. The van der Waals surface area contributed by atoms with Crippen molar-refractivity contribution in [3.63, 3.8) is 0 Å². The summed E-state index contributed by atoms with van der Waals surface area (Å²) in [5, 5.41) is 23.7. The lowest BCUT2D eigenvalue weighted by Gasteiger charge is -2.06. The third kappa shape index (κ3) is 3.78. The summed E-state index contributed by atoms with van der Waals surface area (Å²) >= 11 is 3.38. The van der Waals surface area contributed by atoms with Gasteiger partial charge in [0.1, 0.15) is 11.4 Å². The molecule has 5 rings (SSSR count). The number of aromatic nitrogens is 6. The molecule has 4 aromatic rings. The van der Waals surface area contributed by atoms with E-state index in [1.807, 2.05) is 0 Å². The zero-order valence-corrected chi connectivity index (χ0v) is 17.3. The fraction of sp³-hybridized carbons (Fsp3) is 0.158. The van der Waals surface area contributed by atoms with Crippen LogP contribution >= 0.6 is 15.9 Å². The molecule has 0 radical (unpaired) electrons. The zero-order chi connectivity index (χ0) is 21.5. The summed E-state index contributed by atoms with van der Waals surface area (Å²) in [5.41, 5.74) is 0.854. The van der Waals surface area contributed by atoms with Gasteiger partial charge in [0.15, 0.2) is 5.65 Å². The molecule has 1 fully saturated rings. The highest BCUT2D eigenvalue weighted by Gasteiger charge is 2.21. The minimum absolute atomic E-state index is 0.0410. The molecule has 1 aromatic carbocycles. The first-order valence-corrected chi connectivity index (χ1v) is 9.99. The molecule has 154 valence electrons. The number of H-pyrrole nitrogens is 2. The normalized spacial score (nSPS) is 14.8. The van der Waals surface area contributed by atoms with Gasteiger partial charge in [0.2, 0.25) is 5.88 Å². The highest BCUT2D eigenvalue weighted by atomic mass is 79.9. The van der Waals surface area contributed by atoms with Crippen LogP contribution in [0.4, 0.5) is 0 Å². The number of benzene rings is 1. The Morgan fingerprint density at radius 2 is 2.19 bits per heavy atom. The van der Waals surface area contributed by atoms with Crippen molar-refractivity contribution in [2.24, 2.45) is 4.99 Å². The molecule has 1 saturated carbocycles. The number of nitrogens with zero attached hydrogens (tertiary/aromatic N) is 6. The number of fused-ring (bicyclic) bond motifs is 1. The van der Waals surface area contributed by atoms with Gasteiger partial charge in [-0.05, 0) is 53.0 Å². The number of aromatic amines is 2. The van der Waals surface area contributed by atoms with E-state index < -0.39 is 5.69 Å². The maximum atomic E-state index is 11.4. The summed E-state index contributed by atoms with van der Waals surface area (Å²) in [6.45, 7) is 0. The summed E-state index contributed by atoms with van der Waals surface area (Å²) in [7, 11) is 0. The maximum Gasteiger partial charge on any atom is 0.327 e. The van der Waals surface area contributed by atoms with E-state index in [4.69, 9.17) is 10.00 Å². The van der Waals surface area contributed by atoms with E-state index in [0.717, 1.165) is 12.8 Å². The zero-order valence-electron chi connectivity index (χ0n) is 15.7. The fourth-order valence-corrected chi connectivity index (χ4v) is 3.32. The number of aromatic hydroxyl groups is 1. The van der Waals surface area contributed by atoms with Gasteiger partial charge in [-0.1, -0.05) is 0 Å². The second-order valence-corrected chi connectivity index (χ2v) is 7.70. The van der Waals surface area contributed by atoms with Crippen LogP contribution in [0.25, 0.3) is 11.7 Å². The largest absolute Gasteiger partial charge is 0.493 e. The van der Waals surface area contributed by atoms with E-state index in [1.54, 1.807) is 18.2 Å². The molecule has 3 N–H and O–H groups in total. The molecule has 0 atom stereocenters. The molecule has 1 aliphatic carbocycles. The second-order valence-electron chi connectivity index (χ2n) is 6.85. The van der Waals surface area contributed by atoms with E-state index in [2.05, 4.69) is 52.0 Å². The Labute approximate surface area is 181 Å². The van der Waals surface area contributed by atoms with Crippen molar-refractivity contribution in [1.82, 2.24) is 29.5 Å². The lowest BCUT2D eigenvalue weighted by Crippen LogP contribution is -2.23. The van der Waals surface area contributed by atoms with Crippen molar-refractivity contribution >= 4 is 27.7 Å². The highest BCUT2D eigenvalue weighted by molar-refractivity contribution is 9.10. The number of rotatable bonds is 4. The van der Waals surface area contributed by atoms with Crippen LogP contribution in [0.5, 0.6) is 17.6 Å². The van der Waals surface area contributed by atoms with Crippen molar-refractivity contribution in [3.05, 3.63) is 61.4 Å². The maximum absolute atomic E-state index is 11.4. The van der Waals surface area contributed by atoms with Gasteiger partial charge < -0.3 is 14.8 Å². The molecule has 0 aliphatic heterocycles. The van der Waals surface area contributed by atoms with Gasteiger partial charge in [-0.25, -0.2) is 9.79 Å². The molecule has 0 spiro atoms. The topological polar surface area (TPSA) is 157 Å². The van der Waals surface area contributed by atoms with Crippen molar-refractivity contribution < 1.29 is 9.84 Å². The van der Waals surface area contributed by atoms with Crippen LogP contribution < -0.4 is 21.3 Å². The first kappa shape index (κ1) is 19.0. The number of imidazole rings is 1. The Bertz CT molecular complexity index is 1540. The van der Waals surface area contributed by atoms with Crippen LogP contribution in [0, 0.1) is 11.3 Å². The van der Waals surface area contributed by atoms with Crippen molar-refractivity contribution in [3.8, 4) is 23.7 Å². The Balaban J connectivity index is 1.66. The molecule has 0 bridgehead atoms. The van der Waals surface area contributed by atoms with Crippen LogP contribution in [-0.4, -0.2) is 40.7 Å². The monoisotopic (exact) mass is 480 g/mol. The van der Waals surface area contributed by atoms with Gasteiger partial charge in [-0.15, -0.1) is 0 Å². The van der Waals surface area contributed by atoms with Gasteiger partial charge in [0.05, 0.1) is 28.3 Å². The Morgan fingerprint density at radius 1 is 1.35 bits per heavy atom. The number of ether oxygens (including phenoxy) is 1. The number of nitriles is 1. The molecule has 0 amide bonds. The SMILES string of the molecule is N#Cc1ccc(Oc2nc(=NC3CC3)n3ncc(=Cc4[nH]c(=O)[nH]c4O)c3n2)c(Br)c1. The van der Waals surface area contributed by atoms with Crippen LogP contribution in [0.2, 0.25) is 0 Å². The molecule has 11 nitrogen and oxygen atoms in total. The van der Waals surface area contributed by atoms with Crippen molar-refractivity contribution in [2.45, 2.75) is 18.9 Å². The summed E-state index contributed by atoms with van der Waals surface area (Å²) < 4.78 is 7.91. The Morgan fingerprint density at radius 3 is 2.87 bits per heavy atom. The van der Waals surface area contributed by atoms with Gasteiger partial charge in [0, 0.05) is 5.22 Å². The molecule has 3 heterocycles. The number of hydrogen-bond acceptors (Lipinski definition) is 8. The predicted molar refractivity (Wildman–Crippen MR) is 110 cm³/mol. The standard InChI is InChI=1S/C19H13BrN8O3/c20-12-5-9(7-21)1-4-14(12)31-19-25-15-10(6-13-16(29)26-18(30)24-13)8-22-28(15)17(27-19)23-11-2-3-11/h1,4-6,8,11,29H,2-3H2,(H2,24,26,30). The van der Waals surface area contributed by atoms with Crippen molar-refractivity contribution in [2.75, 3.05) is 0 Å². The minimum atomic E-state index is -0.533. The van der Waals surface area contributed by atoms with Crippen LogP contribution in [0.15, 0.2) is 38.7 Å². The van der Waals surface area contributed by atoms with E-state index in [-0.39, 0.29) is 23.6 Å². The molecular weight excluding hydrogens is 468 g/mol. The number of halogens is 1. The van der Waals surface area contributed by atoms with Crippen LogP contribution in [-0.2, 0) is 0 Å². The third-order valence-electron chi connectivity index (χ3n) is 4.50. The van der Waals surface area contributed by atoms with Gasteiger partial charge >= 0.3 is 11.7 Å². The number of nitrogens with one attached hydrogen (secondary N) is 2. The quantitative estimate of drug-likeness (QED) is 0.391. The molecule has 0 unspecified atom stereocenters. The van der Waals surface area contributed by atoms with Crippen molar-refractivity contribution in [1.29, 1.82) is 5.26 Å². The average Bonchev–Trinajstić information content (AvgIpc) is 3.38. The fourth-order valence-electron chi connectivity index (χ4n) is 2.86. The van der Waals surface area contributed by atoms with Crippen LogP contribution in [0.3, 0.4) is 0 Å². The van der Waals surface area contributed by atoms with Gasteiger partial charge in [-0.3, -0.25) is 4.98 Å². The van der Waals surface area contributed by atoms with E-state index >= 15 is 0 Å². The lowest BCUT2D eigenvalue weighted by molar-refractivity contribution is 0.433. The summed E-state index contributed by atoms with van der Waals surface area (Å²) in [6, 6.07) is 7.17.